The van der Waals surface area contributed by atoms with Gasteiger partial charge < -0.3 is 15.0 Å². The molecule has 102 valence electrons. The van der Waals surface area contributed by atoms with Gasteiger partial charge >= 0.3 is 0 Å². The van der Waals surface area contributed by atoms with Gasteiger partial charge in [0.05, 0.1) is 6.61 Å². The third-order valence-electron chi connectivity index (χ3n) is 2.91. The highest BCUT2D eigenvalue weighted by Crippen LogP contribution is 2.13. The van der Waals surface area contributed by atoms with E-state index in [2.05, 4.69) is 49.3 Å². The van der Waals surface area contributed by atoms with Gasteiger partial charge in [0.1, 0.15) is 5.75 Å². The molecular weight excluding hydrogens is 224 g/mol. The van der Waals surface area contributed by atoms with Crippen LogP contribution in [0.5, 0.6) is 5.75 Å². The fourth-order valence-corrected chi connectivity index (χ4v) is 1.63. The molecule has 0 bridgehead atoms. The van der Waals surface area contributed by atoms with Gasteiger partial charge in [0.25, 0.3) is 0 Å². The zero-order valence-corrected chi connectivity index (χ0v) is 11.9. The molecule has 0 aliphatic carbocycles. The van der Waals surface area contributed by atoms with E-state index in [1.54, 1.807) is 0 Å². The maximum Gasteiger partial charge on any atom is 0.119 e. The Kier molecular flexibility index (Phi) is 7.46. The predicted octanol–water partition coefficient (Wildman–Crippen LogP) is 2.52. The van der Waals surface area contributed by atoms with Gasteiger partial charge in [0.15, 0.2) is 0 Å². The summed E-state index contributed by atoms with van der Waals surface area (Å²) in [5, 5.41) is 3.45. The highest BCUT2D eigenvalue weighted by molar-refractivity contribution is 5.28. The molecule has 0 saturated carbocycles. The molecule has 0 amide bonds. The second kappa shape index (κ2) is 8.95. The summed E-state index contributed by atoms with van der Waals surface area (Å²) in [5.41, 5.74) is 1.28. The minimum Gasteiger partial charge on any atom is -0.494 e. The van der Waals surface area contributed by atoms with Crippen LogP contribution in [0.3, 0.4) is 0 Å². The molecule has 0 saturated heterocycles. The number of hydrogen-bond donors (Lipinski definition) is 1. The smallest absolute Gasteiger partial charge is 0.119 e. The van der Waals surface area contributed by atoms with Crippen molar-refractivity contribution in [3.05, 3.63) is 29.8 Å². The van der Waals surface area contributed by atoms with Gasteiger partial charge in [-0.15, -0.1) is 0 Å². The molecule has 0 atom stereocenters. The topological polar surface area (TPSA) is 24.5 Å². The standard InChI is InChI=1S/C15H26N2O/c1-4-11-18-15-8-6-7-14(12-15)13-16-9-10-17(3)5-2/h6-8,12,16H,4-5,9-11,13H2,1-3H3. The number of ether oxygens (including phenoxy) is 1. The second-order valence-electron chi connectivity index (χ2n) is 4.57. The van der Waals surface area contributed by atoms with E-state index in [1.165, 1.54) is 5.56 Å². The summed E-state index contributed by atoms with van der Waals surface area (Å²) in [4.78, 5) is 2.30. The van der Waals surface area contributed by atoms with E-state index in [1.807, 2.05) is 6.07 Å². The van der Waals surface area contributed by atoms with Crippen LogP contribution in [0.15, 0.2) is 24.3 Å². The molecule has 0 radical (unpaired) electrons. The third kappa shape index (κ3) is 6.03. The first-order chi connectivity index (χ1) is 8.76. The average molecular weight is 250 g/mol. The van der Waals surface area contributed by atoms with Crippen LogP contribution in [-0.4, -0.2) is 38.2 Å². The van der Waals surface area contributed by atoms with Crippen molar-refractivity contribution < 1.29 is 4.74 Å². The number of likely N-dealkylation sites (N-methyl/N-ethyl adjacent to an activating group) is 1. The van der Waals surface area contributed by atoms with Crippen molar-refractivity contribution in [2.24, 2.45) is 0 Å². The monoisotopic (exact) mass is 250 g/mol. The fraction of sp³-hybridized carbons (Fsp3) is 0.600. The first-order valence-corrected chi connectivity index (χ1v) is 6.87. The lowest BCUT2D eigenvalue weighted by atomic mass is 10.2. The van der Waals surface area contributed by atoms with Gasteiger partial charge in [0, 0.05) is 19.6 Å². The highest BCUT2D eigenvalue weighted by atomic mass is 16.5. The molecule has 0 unspecified atom stereocenters. The quantitative estimate of drug-likeness (QED) is 0.682. The molecule has 0 aliphatic rings. The van der Waals surface area contributed by atoms with Crippen molar-refractivity contribution in [1.29, 1.82) is 0 Å². The Bertz CT molecular complexity index is 328. The molecule has 3 heteroatoms. The molecule has 3 nitrogen and oxygen atoms in total. The van der Waals surface area contributed by atoms with Crippen LogP contribution in [0.4, 0.5) is 0 Å². The van der Waals surface area contributed by atoms with Crippen molar-refractivity contribution in [3.8, 4) is 5.75 Å². The van der Waals surface area contributed by atoms with Crippen LogP contribution in [-0.2, 0) is 6.54 Å². The van der Waals surface area contributed by atoms with Crippen molar-refractivity contribution >= 4 is 0 Å². The molecule has 0 aliphatic heterocycles. The third-order valence-corrected chi connectivity index (χ3v) is 2.91. The van der Waals surface area contributed by atoms with Crippen molar-refractivity contribution in [3.63, 3.8) is 0 Å². The number of nitrogens with one attached hydrogen (secondary N) is 1. The Morgan fingerprint density at radius 1 is 1.28 bits per heavy atom. The van der Waals surface area contributed by atoms with E-state index in [-0.39, 0.29) is 0 Å². The van der Waals surface area contributed by atoms with Gasteiger partial charge in [-0.25, -0.2) is 0 Å². The van der Waals surface area contributed by atoms with Gasteiger partial charge in [-0.1, -0.05) is 26.0 Å². The Balaban J connectivity index is 2.29. The summed E-state index contributed by atoms with van der Waals surface area (Å²) in [5.74, 6) is 0.974. The summed E-state index contributed by atoms with van der Waals surface area (Å²) in [6, 6.07) is 8.33. The van der Waals surface area contributed by atoms with Crippen molar-refractivity contribution in [2.45, 2.75) is 26.8 Å². The van der Waals surface area contributed by atoms with Gasteiger partial charge in [-0.05, 0) is 37.7 Å². The van der Waals surface area contributed by atoms with Crippen molar-refractivity contribution in [1.82, 2.24) is 10.2 Å². The van der Waals surface area contributed by atoms with E-state index in [4.69, 9.17) is 4.74 Å². The Labute approximate surface area is 111 Å². The lowest BCUT2D eigenvalue weighted by molar-refractivity contribution is 0.317. The highest BCUT2D eigenvalue weighted by Gasteiger charge is 1.97. The molecular formula is C15H26N2O. The van der Waals surface area contributed by atoms with E-state index in [0.29, 0.717) is 0 Å². The van der Waals surface area contributed by atoms with E-state index >= 15 is 0 Å². The number of nitrogens with zero attached hydrogens (tertiary/aromatic N) is 1. The lowest BCUT2D eigenvalue weighted by Gasteiger charge is -2.14. The molecule has 1 aromatic carbocycles. The maximum atomic E-state index is 5.62. The minimum absolute atomic E-state index is 0.790. The van der Waals surface area contributed by atoms with Crippen LogP contribution in [0.2, 0.25) is 0 Å². The van der Waals surface area contributed by atoms with Gasteiger partial charge in [-0.3, -0.25) is 0 Å². The Hall–Kier alpha value is -1.06. The molecule has 0 spiro atoms. The molecule has 1 aromatic rings. The normalized spacial score (nSPS) is 10.9. The zero-order chi connectivity index (χ0) is 13.2. The average Bonchev–Trinajstić information content (AvgIpc) is 2.41. The van der Waals surface area contributed by atoms with Crippen LogP contribution < -0.4 is 10.1 Å². The number of rotatable bonds is 9. The minimum atomic E-state index is 0.790. The van der Waals surface area contributed by atoms with E-state index in [0.717, 1.165) is 45.0 Å². The summed E-state index contributed by atoms with van der Waals surface area (Å²) in [6.45, 7) is 9.19. The lowest BCUT2D eigenvalue weighted by Crippen LogP contribution is -2.28. The molecule has 0 heterocycles. The second-order valence-corrected chi connectivity index (χ2v) is 4.57. The Morgan fingerprint density at radius 2 is 2.11 bits per heavy atom. The largest absolute Gasteiger partial charge is 0.494 e. The van der Waals surface area contributed by atoms with E-state index in [9.17, 15) is 0 Å². The first-order valence-electron chi connectivity index (χ1n) is 6.87. The summed E-state index contributed by atoms with van der Waals surface area (Å²) >= 11 is 0. The molecule has 18 heavy (non-hydrogen) atoms. The molecule has 0 aromatic heterocycles. The van der Waals surface area contributed by atoms with Crippen LogP contribution in [0.1, 0.15) is 25.8 Å². The number of benzene rings is 1. The van der Waals surface area contributed by atoms with E-state index < -0.39 is 0 Å². The SMILES string of the molecule is CCCOc1cccc(CNCCN(C)CC)c1. The van der Waals surface area contributed by atoms with Crippen LogP contribution >= 0.6 is 0 Å². The molecule has 1 N–H and O–H groups in total. The first kappa shape index (κ1) is 15.0. The summed E-state index contributed by atoms with van der Waals surface area (Å²) in [7, 11) is 2.14. The number of hydrogen-bond acceptors (Lipinski definition) is 3. The Morgan fingerprint density at radius 3 is 2.83 bits per heavy atom. The predicted molar refractivity (Wildman–Crippen MR) is 77.1 cm³/mol. The maximum absolute atomic E-state index is 5.62. The summed E-state index contributed by atoms with van der Waals surface area (Å²) in [6.07, 6.45) is 1.05. The van der Waals surface area contributed by atoms with Gasteiger partial charge in [-0.2, -0.15) is 0 Å². The van der Waals surface area contributed by atoms with Crippen molar-refractivity contribution in [2.75, 3.05) is 33.3 Å². The van der Waals surface area contributed by atoms with Crippen LogP contribution in [0, 0.1) is 0 Å². The van der Waals surface area contributed by atoms with Crippen LogP contribution in [0.25, 0.3) is 0 Å². The fourth-order valence-electron chi connectivity index (χ4n) is 1.63. The molecule has 0 fully saturated rings. The zero-order valence-electron chi connectivity index (χ0n) is 11.9. The van der Waals surface area contributed by atoms with Gasteiger partial charge in [0.2, 0.25) is 0 Å². The summed E-state index contributed by atoms with van der Waals surface area (Å²) < 4.78 is 5.62. The molecule has 1 rings (SSSR count).